The summed E-state index contributed by atoms with van der Waals surface area (Å²) >= 11 is 0. The number of aryl methyl sites for hydroxylation is 1. The smallest absolute Gasteiger partial charge is 0.240 e. The van der Waals surface area contributed by atoms with Gasteiger partial charge in [0.1, 0.15) is 4.90 Å². The van der Waals surface area contributed by atoms with Gasteiger partial charge in [-0.25, -0.2) is 13.6 Å². The summed E-state index contributed by atoms with van der Waals surface area (Å²) in [5.41, 5.74) is 1.87. The van der Waals surface area contributed by atoms with Crippen LogP contribution in [0, 0.1) is 0 Å². The van der Waals surface area contributed by atoms with Crippen molar-refractivity contribution in [2.24, 2.45) is 5.14 Å². The first kappa shape index (κ1) is 14.5. The van der Waals surface area contributed by atoms with E-state index in [0.717, 1.165) is 12.0 Å². The number of hydrogen-bond acceptors (Lipinski definition) is 4. The van der Waals surface area contributed by atoms with Gasteiger partial charge >= 0.3 is 0 Å². The number of rotatable bonds is 4. The minimum atomic E-state index is -3.83. The van der Waals surface area contributed by atoms with E-state index in [1.807, 2.05) is 19.1 Å². The molecule has 6 heteroatoms. The van der Waals surface area contributed by atoms with Crippen LogP contribution in [0.4, 0.5) is 0 Å². The number of allylic oxidation sites excluding steroid dienone is 4. The van der Waals surface area contributed by atoms with Gasteiger partial charge in [0.25, 0.3) is 0 Å². The van der Waals surface area contributed by atoms with Crippen LogP contribution in [-0.4, -0.2) is 13.4 Å². The molecule has 2 heterocycles. The minimum absolute atomic E-state index is 0.119. The number of nitrogens with two attached hydrogens (primary N) is 1. The Morgan fingerprint density at radius 2 is 2.15 bits per heavy atom. The molecule has 5 nitrogen and oxygen atoms in total. The van der Waals surface area contributed by atoms with Crippen LogP contribution >= 0.6 is 0 Å². The average Bonchev–Trinajstić information content (AvgIpc) is 2.66. The van der Waals surface area contributed by atoms with E-state index in [9.17, 15) is 8.42 Å². The molecule has 3 N–H and O–H groups in total. The third-order valence-corrected chi connectivity index (χ3v) is 3.91. The van der Waals surface area contributed by atoms with Gasteiger partial charge in [-0.05, 0) is 30.2 Å². The van der Waals surface area contributed by atoms with Gasteiger partial charge in [-0.3, -0.25) is 4.98 Å². The van der Waals surface area contributed by atoms with Crippen molar-refractivity contribution in [1.82, 2.24) is 10.3 Å². The summed E-state index contributed by atoms with van der Waals surface area (Å²) < 4.78 is 23.9. The van der Waals surface area contributed by atoms with E-state index < -0.39 is 10.0 Å². The maximum Gasteiger partial charge on any atom is 0.240 e. The molecule has 0 unspecified atom stereocenters. The van der Waals surface area contributed by atoms with E-state index in [4.69, 9.17) is 5.14 Å². The fraction of sp³-hybridized carbons (Fsp3) is 0.214. The van der Waals surface area contributed by atoms with Crippen molar-refractivity contribution >= 4 is 15.6 Å². The van der Waals surface area contributed by atoms with E-state index in [0.29, 0.717) is 17.7 Å². The molecule has 0 amide bonds. The van der Waals surface area contributed by atoms with Crippen LogP contribution in [0.25, 0.3) is 5.57 Å². The van der Waals surface area contributed by atoms with E-state index in [1.165, 1.54) is 0 Å². The minimum Gasteiger partial charge on any atom is -0.368 e. The quantitative estimate of drug-likeness (QED) is 0.884. The van der Waals surface area contributed by atoms with E-state index >= 15 is 0 Å². The zero-order chi connectivity index (χ0) is 14.6. The van der Waals surface area contributed by atoms with Crippen LogP contribution in [0.2, 0.25) is 0 Å². The highest BCUT2D eigenvalue weighted by atomic mass is 32.2. The van der Waals surface area contributed by atoms with Crippen molar-refractivity contribution in [2.75, 3.05) is 0 Å². The Bertz CT molecular complexity index is 688. The van der Waals surface area contributed by atoms with Gasteiger partial charge < -0.3 is 5.32 Å². The standard InChI is InChI=1S/C14H17N3O2S/c1-2-4-13-14(20(15,18)19)12(7-10-17-13)11-5-3-8-16-9-6-11/h3,5-10,16H,2,4H2,1H3,(H2,15,18,19). The van der Waals surface area contributed by atoms with Gasteiger partial charge in [0.05, 0.1) is 5.69 Å². The lowest BCUT2D eigenvalue weighted by atomic mass is 10.0. The summed E-state index contributed by atoms with van der Waals surface area (Å²) in [4.78, 5) is 4.29. The molecule has 0 bridgehead atoms. The fourth-order valence-corrected chi connectivity index (χ4v) is 3.06. The number of sulfonamides is 1. The maximum absolute atomic E-state index is 11.9. The Kier molecular flexibility index (Phi) is 4.36. The molecule has 106 valence electrons. The summed E-state index contributed by atoms with van der Waals surface area (Å²) in [6, 6.07) is 1.67. The van der Waals surface area contributed by atoms with Gasteiger partial charge in [-0.1, -0.05) is 19.4 Å². The monoisotopic (exact) mass is 291 g/mol. The predicted molar refractivity (Wildman–Crippen MR) is 79.0 cm³/mol. The Balaban J connectivity index is 2.67. The zero-order valence-corrected chi connectivity index (χ0v) is 12.0. The van der Waals surface area contributed by atoms with Crippen LogP contribution in [0.3, 0.4) is 0 Å². The molecule has 0 aliphatic carbocycles. The number of pyridine rings is 1. The topological polar surface area (TPSA) is 85.1 Å². The normalized spacial score (nSPS) is 14.6. The molecule has 1 aliphatic rings. The van der Waals surface area contributed by atoms with Crippen LogP contribution in [0.1, 0.15) is 24.6 Å². The van der Waals surface area contributed by atoms with Gasteiger partial charge in [0.2, 0.25) is 10.0 Å². The Morgan fingerprint density at radius 1 is 1.35 bits per heavy atom. The first-order valence-corrected chi connectivity index (χ1v) is 7.89. The highest BCUT2D eigenvalue weighted by molar-refractivity contribution is 7.89. The molecule has 0 saturated carbocycles. The SMILES string of the molecule is CCCc1nccc(C2=CC=CNC=C2)c1S(N)(=O)=O. The Hall–Kier alpha value is -1.92. The molecule has 0 radical (unpaired) electrons. The second-order valence-electron chi connectivity index (χ2n) is 4.41. The maximum atomic E-state index is 11.9. The number of primary sulfonamides is 1. The largest absolute Gasteiger partial charge is 0.368 e. The first-order chi connectivity index (χ1) is 9.54. The van der Waals surface area contributed by atoms with Crippen LogP contribution < -0.4 is 10.5 Å². The average molecular weight is 291 g/mol. The summed E-state index contributed by atoms with van der Waals surface area (Å²) in [7, 11) is -3.83. The van der Waals surface area contributed by atoms with E-state index in [-0.39, 0.29) is 4.90 Å². The highest BCUT2D eigenvalue weighted by Crippen LogP contribution is 2.27. The molecule has 2 rings (SSSR count). The number of aromatic nitrogens is 1. The van der Waals surface area contributed by atoms with Gasteiger partial charge in [0.15, 0.2) is 0 Å². The molecule has 1 aromatic heterocycles. The van der Waals surface area contributed by atoms with Crippen molar-refractivity contribution in [3.8, 4) is 0 Å². The molecule has 0 fully saturated rings. The molecule has 1 aromatic rings. The second kappa shape index (κ2) is 6.02. The molecule has 20 heavy (non-hydrogen) atoms. The molecule has 0 atom stereocenters. The molecular weight excluding hydrogens is 274 g/mol. The lowest BCUT2D eigenvalue weighted by Crippen LogP contribution is -2.18. The zero-order valence-electron chi connectivity index (χ0n) is 11.2. The third kappa shape index (κ3) is 3.15. The first-order valence-electron chi connectivity index (χ1n) is 6.34. The van der Waals surface area contributed by atoms with Crippen molar-refractivity contribution in [3.05, 3.63) is 54.1 Å². The third-order valence-electron chi connectivity index (χ3n) is 2.89. The molecule has 1 aliphatic heterocycles. The predicted octanol–water partition coefficient (Wildman–Crippen LogP) is 1.70. The van der Waals surface area contributed by atoms with Gasteiger partial charge in [-0.15, -0.1) is 0 Å². The molecule has 0 spiro atoms. The van der Waals surface area contributed by atoms with Crippen molar-refractivity contribution < 1.29 is 8.42 Å². The second-order valence-corrected chi connectivity index (χ2v) is 5.91. The van der Waals surface area contributed by atoms with Gasteiger partial charge in [-0.2, -0.15) is 0 Å². The summed E-state index contributed by atoms with van der Waals surface area (Å²) in [5, 5.41) is 8.32. The van der Waals surface area contributed by atoms with E-state index in [2.05, 4.69) is 10.3 Å². The summed E-state index contributed by atoms with van der Waals surface area (Å²) in [5.74, 6) is 0. The van der Waals surface area contributed by atoms with Gasteiger partial charge in [0, 0.05) is 24.2 Å². The van der Waals surface area contributed by atoms with Crippen LogP contribution in [0.15, 0.2) is 47.8 Å². The van der Waals surface area contributed by atoms with Crippen LogP contribution in [0.5, 0.6) is 0 Å². The lowest BCUT2D eigenvalue weighted by Gasteiger charge is -2.12. The number of nitrogens with zero attached hydrogens (tertiary/aromatic N) is 1. The fourth-order valence-electron chi connectivity index (χ4n) is 2.09. The summed E-state index contributed by atoms with van der Waals surface area (Å²) in [6.07, 6.45) is 11.9. The van der Waals surface area contributed by atoms with E-state index in [1.54, 1.807) is 30.7 Å². The number of hydrogen-bond donors (Lipinski definition) is 2. The number of nitrogens with one attached hydrogen (secondary N) is 1. The highest BCUT2D eigenvalue weighted by Gasteiger charge is 2.21. The van der Waals surface area contributed by atoms with Crippen molar-refractivity contribution in [2.45, 2.75) is 24.7 Å². The Labute approximate surface area is 119 Å². The Morgan fingerprint density at radius 3 is 2.85 bits per heavy atom. The van der Waals surface area contributed by atoms with Crippen LogP contribution in [-0.2, 0) is 16.4 Å². The van der Waals surface area contributed by atoms with Crippen molar-refractivity contribution in [3.63, 3.8) is 0 Å². The summed E-state index contributed by atoms with van der Waals surface area (Å²) in [6.45, 7) is 1.97. The lowest BCUT2D eigenvalue weighted by molar-refractivity contribution is 0.595. The molecule has 0 saturated heterocycles. The van der Waals surface area contributed by atoms with Crippen molar-refractivity contribution in [1.29, 1.82) is 0 Å². The molecular formula is C14H17N3O2S. The molecule has 0 aromatic carbocycles.